The highest BCUT2D eigenvalue weighted by Gasteiger charge is 2.10. The van der Waals surface area contributed by atoms with Gasteiger partial charge in [-0.15, -0.1) is 0 Å². The first kappa shape index (κ1) is 14.4. The molecule has 0 heterocycles. The fourth-order valence-corrected chi connectivity index (χ4v) is 2.40. The zero-order valence-electron chi connectivity index (χ0n) is 11.7. The van der Waals surface area contributed by atoms with E-state index >= 15 is 0 Å². The van der Waals surface area contributed by atoms with E-state index in [1.165, 1.54) is 24.3 Å². The van der Waals surface area contributed by atoms with E-state index in [0.717, 1.165) is 11.1 Å². The molecule has 0 atom stereocenters. The Bertz CT molecular complexity index is 792. The Morgan fingerprint density at radius 1 is 0.591 bits per heavy atom. The zero-order valence-corrected chi connectivity index (χ0v) is 11.7. The predicted octanol–water partition coefficient (Wildman–Crippen LogP) is 5.36. The van der Waals surface area contributed by atoms with Gasteiger partial charge >= 0.3 is 0 Å². The maximum absolute atomic E-state index is 14.3. The fourth-order valence-electron chi connectivity index (χ4n) is 2.40. The van der Waals surface area contributed by atoms with Gasteiger partial charge in [0.2, 0.25) is 0 Å². The van der Waals surface area contributed by atoms with Crippen LogP contribution in [0.3, 0.4) is 0 Å². The summed E-state index contributed by atoms with van der Waals surface area (Å²) in [5.74, 6) is -1.22. The average molecular weight is 298 g/mol. The Labute approximate surface area is 126 Å². The van der Waals surface area contributed by atoms with Crippen LogP contribution >= 0.6 is 0 Å². The van der Waals surface area contributed by atoms with Gasteiger partial charge < -0.3 is 0 Å². The third-order valence-electron chi connectivity index (χ3n) is 3.52. The van der Waals surface area contributed by atoms with Gasteiger partial charge in [0.25, 0.3) is 0 Å². The molecule has 0 amide bonds. The van der Waals surface area contributed by atoms with Crippen molar-refractivity contribution in [1.82, 2.24) is 0 Å². The van der Waals surface area contributed by atoms with E-state index in [1.54, 1.807) is 42.5 Å². The van der Waals surface area contributed by atoms with Gasteiger partial charge in [-0.3, -0.25) is 0 Å². The van der Waals surface area contributed by atoms with Crippen molar-refractivity contribution in [2.24, 2.45) is 0 Å². The molecule has 22 heavy (non-hydrogen) atoms. The molecule has 0 saturated carbocycles. The minimum atomic E-state index is -0.468. The van der Waals surface area contributed by atoms with E-state index in [9.17, 15) is 13.2 Å². The standard InChI is InChI=1S/C19H13F3/c20-15-8-5-13(6-9-15)11-14-7-10-17(19(22)12-14)16-3-1-2-4-18(16)21/h1-10,12H,11H2. The normalized spacial score (nSPS) is 10.7. The smallest absolute Gasteiger partial charge is 0.131 e. The first-order chi connectivity index (χ1) is 10.6. The molecule has 0 aliphatic heterocycles. The maximum atomic E-state index is 14.3. The molecule has 0 aliphatic rings. The van der Waals surface area contributed by atoms with Crippen LogP contribution in [0.15, 0.2) is 66.7 Å². The molecule has 3 aromatic carbocycles. The van der Waals surface area contributed by atoms with Gasteiger partial charge in [-0.1, -0.05) is 42.5 Å². The number of benzene rings is 3. The third-order valence-corrected chi connectivity index (χ3v) is 3.52. The Kier molecular flexibility index (Phi) is 3.96. The Morgan fingerprint density at radius 3 is 1.91 bits per heavy atom. The number of rotatable bonds is 3. The summed E-state index contributed by atoms with van der Waals surface area (Å²) in [4.78, 5) is 0. The van der Waals surface area contributed by atoms with Crippen LogP contribution < -0.4 is 0 Å². The van der Waals surface area contributed by atoms with Crippen molar-refractivity contribution in [2.45, 2.75) is 6.42 Å². The number of halogens is 3. The summed E-state index contributed by atoms with van der Waals surface area (Å²) in [6, 6.07) is 16.9. The fraction of sp³-hybridized carbons (Fsp3) is 0.0526. The van der Waals surface area contributed by atoms with Gasteiger partial charge in [0, 0.05) is 11.1 Å². The Morgan fingerprint density at radius 2 is 1.23 bits per heavy atom. The molecule has 0 unspecified atom stereocenters. The van der Waals surface area contributed by atoms with Crippen LogP contribution in [0.5, 0.6) is 0 Å². The first-order valence-electron chi connectivity index (χ1n) is 6.91. The van der Waals surface area contributed by atoms with Crippen LogP contribution in [-0.2, 0) is 6.42 Å². The van der Waals surface area contributed by atoms with Crippen molar-refractivity contribution in [1.29, 1.82) is 0 Å². The summed E-state index contributed by atoms with van der Waals surface area (Å²) in [6.45, 7) is 0. The predicted molar refractivity (Wildman–Crippen MR) is 81.0 cm³/mol. The molecule has 0 N–H and O–H groups in total. The van der Waals surface area contributed by atoms with Crippen molar-refractivity contribution in [3.05, 3.63) is 95.3 Å². The van der Waals surface area contributed by atoms with Gasteiger partial charge in [-0.25, -0.2) is 13.2 Å². The van der Waals surface area contributed by atoms with Gasteiger partial charge in [0.15, 0.2) is 0 Å². The second-order valence-electron chi connectivity index (χ2n) is 5.10. The molecule has 3 rings (SSSR count). The quantitative estimate of drug-likeness (QED) is 0.610. The van der Waals surface area contributed by atoms with Crippen molar-refractivity contribution in [3.8, 4) is 11.1 Å². The van der Waals surface area contributed by atoms with Crippen LogP contribution in [0.2, 0.25) is 0 Å². The van der Waals surface area contributed by atoms with E-state index in [4.69, 9.17) is 0 Å². The van der Waals surface area contributed by atoms with Gasteiger partial charge in [0.05, 0.1) is 0 Å². The molecule has 0 aromatic heterocycles. The topological polar surface area (TPSA) is 0 Å². The minimum Gasteiger partial charge on any atom is -0.207 e. The molecule has 3 heteroatoms. The lowest BCUT2D eigenvalue weighted by atomic mass is 9.99. The van der Waals surface area contributed by atoms with Crippen molar-refractivity contribution >= 4 is 0 Å². The Hall–Kier alpha value is -2.55. The van der Waals surface area contributed by atoms with Crippen molar-refractivity contribution in [2.75, 3.05) is 0 Å². The van der Waals surface area contributed by atoms with E-state index in [-0.39, 0.29) is 16.9 Å². The molecule has 0 bridgehead atoms. The minimum absolute atomic E-state index is 0.237. The molecule has 0 fully saturated rings. The molecule has 0 radical (unpaired) electrons. The van der Waals surface area contributed by atoms with Crippen LogP contribution in [0, 0.1) is 17.5 Å². The molecule has 0 aliphatic carbocycles. The van der Waals surface area contributed by atoms with Gasteiger partial charge in [-0.2, -0.15) is 0 Å². The van der Waals surface area contributed by atoms with Crippen molar-refractivity contribution < 1.29 is 13.2 Å². The van der Waals surface area contributed by atoms with Crippen LogP contribution in [-0.4, -0.2) is 0 Å². The summed E-state index contributed by atoms with van der Waals surface area (Å²) in [5, 5.41) is 0. The molecule has 0 nitrogen and oxygen atoms in total. The summed E-state index contributed by atoms with van der Waals surface area (Å²) >= 11 is 0. The van der Waals surface area contributed by atoms with E-state index in [2.05, 4.69) is 0 Å². The van der Waals surface area contributed by atoms with Crippen molar-refractivity contribution in [3.63, 3.8) is 0 Å². The molecule has 110 valence electrons. The van der Waals surface area contributed by atoms with E-state index in [0.29, 0.717) is 6.42 Å². The van der Waals surface area contributed by atoms with Gasteiger partial charge in [0.1, 0.15) is 17.5 Å². The monoisotopic (exact) mass is 298 g/mol. The van der Waals surface area contributed by atoms with E-state index < -0.39 is 11.6 Å². The van der Waals surface area contributed by atoms with Crippen LogP contribution in [0.4, 0.5) is 13.2 Å². The number of hydrogen-bond donors (Lipinski definition) is 0. The summed E-state index contributed by atoms with van der Waals surface area (Å²) in [5.41, 5.74) is 2.12. The molecular weight excluding hydrogens is 285 g/mol. The zero-order chi connectivity index (χ0) is 15.5. The highest BCUT2D eigenvalue weighted by molar-refractivity contribution is 5.65. The molecular formula is C19H13F3. The van der Waals surface area contributed by atoms with Crippen LogP contribution in [0.25, 0.3) is 11.1 Å². The van der Waals surface area contributed by atoms with Crippen LogP contribution in [0.1, 0.15) is 11.1 Å². The molecule has 0 saturated heterocycles. The molecule has 0 spiro atoms. The van der Waals surface area contributed by atoms with E-state index in [1.807, 2.05) is 0 Å². The summed E-state index contributed by atoms with van der Waals surface area (Å²) < 4.78 is 40.9. The maximum Gasteiger partial charge on any atom is 0.131 e. The lowest BCUT2D eigenvalue weighted by molar-refractivity contribution is 0.615. The van der Waals surface area contributed by atoms with Gasteiger partial charge in [-0.05, 0) is 41.8 Å². The average Bonchev–Trinajstić information content (AvgIpc) is 2.51. The summed E-state index contributed by atoms with van der Waals surface area (Å²) in [7, 11) is 0. The lowest BCUT2D eigenvalue weighted by Crippen LogP contribution is -1.93. The summed E-state index contributed by atoms with van der Waals surface area (Å²) in [6.07, 6.45) is 0.495. The molecule has 3 aromatic rings. The Balaban J connectivity index is 1.89. The lowest BCUT2D eigenvalue weighted by Gasteiger charge is -2.08. The highest BCUT2D eigenvalue weighted by Crippen LogP contribution is 2.26. The largest absolute Gasteiger partial charge is 0.207 e. The third kappa shape index (κ3) is 3.03. The number of hydrogen-bond acceptors (Lipinski definition) is 0. The second kappa shape index (κ2) is 6.06. The second-order valence-corrected chi connectivity index (χ2v) is 5.10. The first-order valence-corrected chi connectivity index (χ1v) is 6.91. The SMILES string of the molecule is Fc1ccc(Cc2ccc(-c3ccccc3F)c(F)c2)cc1. The highest BCUT2D eigenvalue weighted by atomic mass is 19.1.